The molecule has 0 aromatic heterocycles. The highest BCUT2D eigenvalue weighted by Crippen LogP contribution is 2.36. The Morgan fingerprint density at radius 2 is 1.31 bits per heavy atom. The Morgan fingerprint density at radius 3 is 2.03 bits per heavy atom. The highest BCUT2D eigenvalue weighted by molar-refractivity contribution is 6.22. The fourth-order valence-corrected chi connectivity index (χ4v) is 4.53. The zero-order chi connectivity index (χ0) is 22.1. The number of nitrogens with zero attached hydrogens (tertiary/aromatic N) is 1. The summed E-state index contributed by atoms with van der Waals surface area (Å²) in [5.41, 5.74) is 4.66. The van der Waals surface area contributed by atoms with Crippen LogP contribution in [-0.4, -0.2) is 35.6 Å². The van der Waals surface area contributed by atoms with E-state index in [9.17, 15) is 14.4 Å². The summed E-state index contributed by atoms with van der Waals surface area (Å²) >= 11 is 0. The summed E-state index contributed by atoms with van der Waals surface area (Å²) in [6.45, 7) is 1.61. The van der Waals surface area contributed by atoms with Crippen molar-refractivity contribution in [1.29, 1.82) is 0 Å². The van der Waals surface area contributed by atoms with Crippen LogP contribution in [0, 0.1) is 0 Å². The molecule has 0 spiro atoms. The standard InChI is InChI=1S/C27H24N2O3/c30-25-23-8-4-3-7-21(23)22-14-11-19(17-24(22)25)26(31)28-20-12-9-18(10-13-20)27(32)29-15-5-1-2-6-16-29/h3-4,7-14,17H,1-2,5-6,15-16H2,(H,28,31). The van der Waals surface area contributed by atoms with Gasteiger partial charge in [-0.25, -0.2) is 0 Å². The van der Waals surface area contributed by atoms with Gasteiger partial charge in [-0.2, -0.15) is 0 Å². The Bertz CT molecular complexity index is 1210. The van der Waals surface area contributed by atoms with E-state index in [0.717, 1.165) is 37.1 Å². The van der Waals surface area contributed by atoms with Crippen molar-refractivity contribution in [3.63, 3.8) is 0 Å². The Labute approximate surface area is 187 Å². The molecule has 1 N–H and O–H groups in total. The molecule has 0 atom stereocenters. The minimum atomic E-state index is -0.289. The lowest BCUT2D eigenvalue weighted by Gasteiger charge is -2.20. The van der Waals surface area contributed by atoms with Gasteiger partial charge in [-0.1, -0.05) is 43.2 Å². The summed E-state index contributed by atoms with van der Waals surface area (Å²) in [6, 6.07) is 19.7. The van der Waals surface area contributed by atoms with Crippen LogP contribution in [0.2, 0.25) is 0 Å². The molecule has 3 aromatic carbocycles. The maximum Gasteiger partial charge on any atom is 0.255 e. The van der Waals surface area contributed by atoms with Gasteiger partial charge in [0.15, 0.2) is 5.78 Å². The minimum absolute atomic E-state index is 0.0430. The number of likely N-dealkylation sites (tertiary alicyclic amines) is 1. The van der Waals surface area contributed by atoms with E-state index in [1.165, 1.54) is 12.8 Å². The summed E-state index contributed by atoms with van der Waals surface area (Å²) in [7, 11) is 0. The molecule has 1 fully saturated rings. The predicted molar refractivity (Wildman–Crippen MR) is 124 cm³/mol. The Balaban J connectivity index is 1.30. The fourth-order valence-electron chi connectivity index (χ4n) is 4.53. The fraction of sp³-hybridized carbons (Fsp3) is 0.222. The van der Waals surface area contributed by atoms with Gasteiger partial charge in [-0.05, 0) is 60.4 Å². The quantitative estimate of drug-likeness (QED) is 0.494. The number of carbonyl (C=O) groups excluding carboxylic acids is 3. The molecule has 5 rings (SSSR count). The molecule has 0 bridgehead atoms. The number of amides is 2. The van der Waals surface area contributed by atoms with E-state index in [2.05, 4.69) is 5.32 Å². The third-order valence-corrected chi connectivity index (χ3v) is 6.27. The van der Waals surface area contributed by atoms with Crippen LogP contribution in [0.15, 0.2) is 66.7 Å². The van der Waals surface area contributed by atoms with Crippen molar-refractivity contribution >= 4 is 23.3 Å². The zero-order valence-corrected chi connectivity index (χ0v) is 17.8. The van der Waals surface area contributed by atoms with Gasteiger partial charge in [-0.3, -0.25) is 14.4 Å². The summed E-state index contributed by atoms with van der Waals surface area (Å²) in [5.74, 6) is -0.300. The smallest absolute Gasteiger partial charge is 0.255 e. The molecule has 0 unspecified atom stereocenters. The molecule has 160 valence electrons. The van der Waals surface area contributed by atoms with Crippen LogP contribution < -0.4 is 5.32 Å². The highest BCUT2D eigenvalue weighted by atomic mass is 16.2. The minimum Gasteiger partial charge on any atom is -0.339 e. The van der Waals surface area contributed by atoms with E-state index in [1.54, 1.807) is 36.4 Å². The van der Waals surface area contributed by atoms with E-state index in [1.807, 2.05) is 35.2 Å². The summed E-state index contributed by atoms with van der Waals surface area (Å²) in [5, 5.41) is 2.87. The molecule has 32 heavy (non-hydrogen) atoms. The molecule has 0 radical (unpaired) electrons. The van der Waals surface area contributed by atoms with Crippen molar-refractivity contribution in [2.24, 2.45) is 0 Å². The van der Waals surface area contributed by atoms with Crippen molar-refractivity contribution in [3.8, 4) is 11.1 Å². The number of ketones is 1. The van der Waals surface area contributed by atoms with Crippen LogP contribution >= 0.6 is 0 Å². The Morgan fingerprint density at radius 1 is 0.688 bits per heavy atom. The van der Waals surface area contributed by atoms with E-state index in [4.69, 9.17) is 0 Å². The second-order valence-electron chi connectivity index (χ2n) is 8.37. The first-order valence-corrected chi connectivity index (χ1v) is 11.1. The third-order valence-electron chi connectivity index (χ3n) is 6.27. The van der Waals surface area contributed by atoms with E-state index >= 15 is 0 Å². The highest BCUT2D eigenvalue weighted by Gasteiger charge is 2.27. The molecule has 1 heterocycles. The van der Waals surface area contributed by atoms with Gasteiger partial charge in [0, 0.05) is 41.0 Å². The summed E-state index contributed by atoms with van der Waals surface area (Å²) in [4.78, 5) is 40.2. The number of anilines is 1. The molecule has 0 saturated carbocycles. The molecule has 5 heteroatoms. The van der Waals surface area contributed by atoms with Gasteiger partial charge in [-0.15, -0.1) is 0 Å². The molecular weight excluding hydrogens is 400 g/mol. The summed E-state index contributed by atoms with van der Waals surface area (Å²) in [6.07, 6.45) is 4.45. The third kappa shape index (κ3) is 3.71. The molecule has 2 amide bonds. The maximum atomic E-state index is 12.8. The zero-order valence-electron chi connectivity index (χ0n) is 17.8. The second-order valence-corrected chi connectivity index (χ2v) is 8.37. The predicted octanol–water partition coefficient (Wildman–Crippen LogP) is 5.17. The monoisotopic (exact) mass is 424 g/mol. The molecule has 1 aliphatic carbocycles. The topological polar surface area (TPSA) is 66.5 Å². The normalized spacial score (nSPS) is 15.0. The van der Waals surface area contributed by atoms with Crippen LogP contribution in [0.3, 0.4) is 0 Å². The molecule has 5 nitrogen and oxygen atoms in total. The molecule has 1 aliphatic heterocycles. The lowest BCUT2D eigenvalue weighted by Crippen LogP contribution is -2.31. The number of fused-ring (bicyclic) bond motifs is 3. The van der Waals surface area contributed by atoms with Crippen LogP contribution in [-0.2, 0) is 0 Å². The number of carbonyl (C=O) groups is 3. The van der Waals surface area contributed by atoms with Crippen LogP contribution in [0.4, 0.5) is 5.69 Å². The lowest BCUT2D eigenvalue weighted by molar-refractivity contribution is 0.0761. The van der Waals surface area contributed by atoms with Crippen LogP contribution in [0.1, 0.15) is 62.3 Å². The van der Waals surface area contributed by atoms with E-state index in [-0.39, 0.29) is 17.6 Å². The molecule has 2 aliphatic rings. The van der Waals surface area contributed by atoms with Crippen LogP contribution in [0.25, 0.3) is 11.1 Å². The SMILES string of the molecule is O=C(Nc1ccc(C(=O)N2CCCCCC2)cc1)c1ccc2c(c1)C(=O)c1ccccc1-2. The van der Waals surface area contributed by atoms with Crippen molar-refractivity contribution in [2.75, 3.05) is 18.4 Å². The first kappa shape index (κ1) is 20.2. The number of nitrogens with one attached hydrogen (secondary N) is 1. The number of hydrogen-bond acceptors (Lipinski definition) is 3. The van der Waals surface area contributed by atoms with Gasteiger partial charge in [0.2, 0.25) is 0 Å². The second kappa shape index (κ2) is 8.42. The van der Waals surface area contributed by atoms with Gasteiger partial charge < -0.3 is 10.2 Å². The average Bonchev–Trinajstić information content (AvgIpc) is 2.99. The van der Waals surface area contributed by atoms with Crippen LogP contribution in [0.5, 0.6) is 0 Å². The Hall–Kier alpha value is -3.73. The van der Waals surface area contributed by atoms with Crippen molar-refractivity contribution < 1.29 is 14.4 Å². The average molecular weight is 425 g/mol. The van der Waals surface area contributed by atoms with Gasteiger partial charge in [0.1, 0.15) is 0 Å². The van der Waals surface area contributed by atoms with E-state index in [0.29, 0.717) is 27.9 Å². The maximum absolute atomic E-state index is 12.8. The number of rotatable bonds is 3. The number of benzene rings is 3. The van der Waals surface area contributed by atoms with Crippen molar-refractivity contribution in [2.45, 2.75) is 25.7 Å². The summed E-state index contributed by atoms with van der Waals surface area (Å²) < 4.78 is 0. The largest absolute Gasteiger partial charge is 0.339 e. The van der Waals surface area contributed by atoms with Crippen molar-refractivity contribution in [3.05, 3.63) is 89.0 Å². The Kier molecular flexibility index (Phi) is 5.31. The van der Waals surface area contributed by atoms with Gasteiger partial charge in [0.25, 0.3) is 11.8 Å². The van der Waals surface area contributed by atoms with Gasteiger partial charge in [0.05, 0.1) is 0 Å². The first-order valence-electron chi connectivity index (χ1n) is 11.1. The molecular formula is C27H24N2O3. The number of hydrogen-bond donors (Lipinski definition) is 1. The van der Waals surface area contributed by atoms with Gasteiger partial charge >= 0.3 is 0 Å². The lowest BCUT2D eigenvalue weighted by atomic mass is 10.0. The first-order chi connectivity index (χ1) is 15.6. The van der Waals surface area contributed by atoms with E-state index < -0.39 is 0 Å². The van der Waals surface area contributed by atoms with Crippen molar-refractivity contribution in [1.82, 2.24) is 4.90 Å². The molecule has 3 aromatic rings. The molecule has 1 saturated heterocycles.